The Labute approximate surface area is 201 Å². The molecule has 1 unspecified atom stereocenters. The first kappa shape index (κ1) is 25.0. The Morgan fingerprint density at radius 3 is 2.27 bits per heavy atom. The molecule has 1 heterocycles. The molecule has 0 saturated heterocycles. The van der Waals surface area contributed by atoms with Crippen molar-refractivity contribution in [3.8, 4) is 17.0 Å². The van der Waals surface area contributed by atoms with Crippen molar-refractivity contribution >= 4 is 0 Å². The third kappa shape index (κ3) is 5.32. The summed E-state index contributed by atoms with van der Waals surface area (Å²) in [6.07, 6.45) is 6.52. The van der Waals surface area contributed by atoms with Crippen LogP contribution < -0.4 is 4.74 Å². The van der Waals surface area contributed by atoms with Crippen LogP contribution in [0, 0.1) is 13.8 Å². The predicted octanol–water partition coefficient (Wildman–Crippen LogP) is 8.19. The zero-order valence-electron chi connectivity index (χ0n) is 21.7. The Morgan fingerprint density at radius 2 is 1.64 bits per heavy atom. The van der Waals surface area contributed by atoms with Crippen LogP contribution in [0.4, 0.5) is 0 Å². The van der Waals surface area contributed by atoms with E-state index in [2.05, 4.69) is 70.2 Å². The second-order valence-corrected chi connectivity index (χ2v) is 8.95. The molecule has 2 nitrogen and oxygen atoms in total. The molecule has 0 spiro atoms. The lowest BCUT2D eigenvalue weighted by molar-refractivity contribution is 0.395. The summed E-state index contributed by atoms with van der Waals surface area (Å²) in [5.41, 5.74) is 11.9. The standard InChI is InChI=1S/C29H35NO.C2H6/c1-6-21-10-8-11-22(7-2)28(21)26-18-27(31-5)29-23(12-9-13-25(29)30-26)17-24-16-19(3)14-15-20(24)4;1-2/h8,10-11,14-16,18,23H,6-7,9,12-13,17H2,1-5H3;1-2H3. The summed E-state index contributed by atoms with van der Waals surface area (Å²) < 4.78 is 6.00. The SMILES string of the molecule is CC.CCc1cccc(CC)c1-c1cc(OC)c2c(n1)CCCC2Cc1cc(C)ccc1C. The molecule has 0 amide bonds. The second kappa shape index (κ2) is 11.5. The number of nitrogens with zero attached hydrogens (tertiary/aromatic N) is 1. The zero-order chi connectivity index (χ0) is 24.0. The van der Waals surface area contributed by atoms with Gasteiger partial charge in [-0.3, -0.25) is 4.98 Å². The van der Waals surface area contributed by atoms with Gasteiger partial charge < -0.3 is 4.74 Å². The smallest absolute Gasteiger partial charge is 0.126 e. The molecule has 2 aromatic carbocycles. The van der Waals surface area contributed by atoms with Crippen molar-refractivity contribution < 1.29 is 4.74 Å². The van der Waals surface area contributed by atoms with Crippen LogP contribution in [0.25, 0.3) is 11.3 Å². The van der Waals surface area contributed by atoms with Gasteiger partial charge in [-0.25, -0.2) is 0 Å². The van der Waals surface area contributed by atoms with Crippen LogP contribution in [-0.4, -0.2) is 12.1 Å². The lowest BCUT2D eigenvalue weighted by Gasteiger charge is -2.28. The van der Waals surface area contributed by atoms with E-state index in [0.29, 0.717) is 5.92 Å². The number of hydrogen-bond donors (Lipinski definition) is 0. The van der Waals surface area contributed by atoms with E-state index in [-0.39, 0.29) is 0 Å². The minimum Gasteiger partial charge on any atom is -0.496 e. The van der Waals surface area contributed by atoms with E-state index in [0.717, 1.165) is 37.1 Å². The molecule has 0 fully saturated rings. The van der Waals surface area contributed by atoms with Crippen LogP contribution in [0.2, 0.25) is 0 Å². The molecular formula is C31H41NO. The fourth-order valence-electron chi connectivity index (χ4n) is 5.23. The number of pyridine rings is 1. The molecule has 1 aliphatic rings. The molecule has 0 N–H and O–H groups in total. The number of aryl methyl sites for hydroxylation is 5. The Kier molecular flexibility index (Phi) is 8.72. The molecule has 3 aromatic rings. The molecule has 0 bridgehead atoms. The van der Waals surface area contributed by atoms with E-state index >= 15 is 0 Å². The highest BCUT2D eigenvalue weighted by Crippen LogP contribution is 2.42. The summed E-state index contributed by atoms with van der Waals surface area (Å²) in [6.45, 7) is 12.9. The van der Waals surface area contributed by atoms with Crippen molar-refractivity contribution in [1.29, 1.82) is 0 Å². The average Bonchev–Trinajstić information content (AvgIpc) is 2.86. The van der Waals surface area contributed by atoms with Gasteiger partial charge in [-0.05, 0) is 80.5 Å². The maximum Gasteiger partial charge on any atom is 0.126 e. The third-order valence-corrected chi connectivity index (χ3v) is 6.92. The van der Waals surface area contributed by atoms with Gasteiger partial charge in [-0.15, -0.1) is 0 Å². The summed E-state index contributed by atoms with van der Waals surface area (Å²) in [7, 11) is 1.81. The van der Waals surface area contributed by atoms with Gasteiger partial charge in [0.15, 0.2) is 0 Å². The Morgan fingerprint density at radius 1 is 0.939 bits per heavy atom. The first-order valence-electron chi connectivity index (χ1n) is 12.8. The second-order valence-electron chi connectivity index (χ2n) is 8.95. The van der Waals surface area contributed by atoms with Crippen LogP contribution >= 0.6 is 0 Å². The first-order chi connectivity index (χ1) is 16.0. The molecule has 0 radical (unpaired) electrons. The molecular weight excluding hydrogens is 402 g/mol. The van der Waals surface area contributed by atoms with E-state index in [4.69, 9.17) is 9.72 Å². The van der Waals surface area contributed by atoms with Gasteiger partial charge >= 0.3 is 0 Å². The molecule has 176 valence electrons. The number of rotatable bonds is 6. The number of methoxy groups -OCH3 is 1. The van der Waals surface area contributed by atoms with Gasteiger partial charge in [0.2, 0.25) is 0 Å². The summed E-state index contributed by atoms with van der Waals surface area (Å²) >= 11 is 0. The minimum atomic E-state index is 0.466. The van der Waals surface area contributed by atoms with Crippen molar-refractivity contribution in [2.75, 3.05) is 7.11 Å². The Hall–Kier alpha value is -2.61. The fourth-order valence-corrected chi connectivity index (χ4v) is 5.23. The normalized spacial score (nSPS) is 14.8. The maximum atomic E-state index is 6.00. The molecule has 1 atom stereocenters. The molecule has 33 heavy (non-hydrogen) atoms. The highest BCUT2D eigenvalue weighted by atomic mass is 16.5. The summed E-state index contributed by atoms with van der Waals surface area (Å²) in [5.74, 6) is 1.48. The average molecular weight is 444 g/mol. The minimum absolute atomic E-state index is 0.466. The van der Waals surface area contributed by atoms with Gasteiger partial charge in [0.1, 0.15) is 5.75 Å². The summed E-state index contributed by atoms with van der Waals surface area (Å²) in [6, 6.07) is 15.7. The quantitative estimate of drug-likeness (QED) is 0.383. The summed E-state index contributed by atoms with van der Waals surface area (Å²) in [5, 5.41) is 0. The molecule has 1 aliphatic carbocycles. The topological polar surface area (TPSA) is 22.1 Å². The number of ether oxygens (including phenoxy) is 1. The lowest BCUT2D eigenvalue weighted by Crippen LogP contribution is -2.16. The van der Waals surface area contributed by atoms with Crippen molar-refractivity contribution in [1.82, 2.24) is 4.98 Å². The van der Waals surface area contributed by atoms with E-state index in [9.17, 15) is 0 Å². The molecule has 0 saturated carbocycles. The van der Waals surface area contributed by atoms with Crippen LogP contribution in [-0.2, 0) is 25.7 Å². The van der Waals surface area contributed by atoms with Gasteiger partial charge in [0.25, 0.3) is 0 Å². The molecule has 1 aromatic heterocycles. The van der Waals surface area contributed by atoms with Crippen molar-refractivity contribution in [2.45, 2.75) is 86.0 Å². The molecule has 4 rings (SSSR count). The van der Waals surface area contributed by atoms with Gasteiger partial charge in [-0.1, -0.05) is 69.7 Å². The monoisotopic (exact) mass is 443 g/mol. The van der Waals surface area contributed by atoms with E-state index in [1.807, 2.05) is 21.0 Å². The van der Waals surface area contributed by atoms with Gasteiger partial charge in [0.05, 0.1) is 12.8 Å². The van der Waals surface area contributed by atoms with Crippen LogP contribution in [0.15, 0.2) is 42.5 Å². The van der Waals surface area contributed by atoms with E-state index < -0.39 is 0 Å². The van der Waals surface area contributed by atoms with Gasteiger partial charge in [-0.2, -0.15) is 0 Å². The van der Waals surface area contributed by atoms with Crippen LogP contribution in [0.3, 0.4) is 0 Å². The number of fused-ring (bicyclic) bond motifs is 1. The molecule has 0 aliphatic heterocycles. The number of benzene rings is 2. The fraction of sp³-hybridized carbons (Fsp3) is 0.452. The molecule has 2 heteroatoms. The highest BCUT2D eigenvalue weighted by Gasteiger charge is 2.27. The first-order valence-corrected chi connectivity index (χ1v) is 12.8. The highest BCUT2D eigenvalue weighted by molar-refractivity contribution is 5.70. The van der Waals surface area contributed by atoms with Crippen molar-refractivity contribution in [3.63, 3.8) is 0 Å². The zero-order valence-corrected chi connectivity index (χ0v) is 21.7. The maximum absolute atomic E-state index is 6.00. The third-order valence-electron chi connectivity index (χ3n) is 6.92. The van der Waals surface area contributed by atoms with Crippen LogP contribution in [0.1, 0.15) is 85.5 Å². The van der Waals surface area contributed by atoms with Crippen molar-refractivity contribution in [3.05, 3.63) is 81.5 Å². The predicted molar refractivity (Wildman–Crippen MR) is 142 cm³/mol. The van der Waals surface area contributed by atoms with Crippen molar-refractivity contribution in [2.24, 2.45) is 0 Å². The Bertz CT molecular complexity index is 1040. The number of aromatic nitrogens is 1. The largest absolute Gasteiger partial charge is 0.496 e. The Balaban J connectivity index is 0.00000149. The lowest BCUT2D eigenvalue weighted by atomic mass is 9.80. The summed E-state index contributed by atoms with van der Waals surface area (Å²) in [4.78, 5) is 5.26. The van der Waals surface area contributed by atoms with Crippen LogP contribution in [0.5, 0.6) is 5.75 Å². The van der Waals surface area contributed by atoms with E-state index in [1.165, 1.54) is 57.5 Å². The van der Waals surface area contributed by atoms with Gasteiger partial charge in [0, 0.05) is 22.9 Å². The van der Waals surface area contributed by atoms with E-state index in [1.54, 1.807) is 0 Å². The number of hydrogen-bond acceptors (Lipinski definition) is 2.